The van der Waals surface area contributed by atoms with Gasteiger partial charge in [0, 0.05) is 12.0 Å². The van der Waals surface area contributed by atoms with E-state index in [1.54, 1.807) is 0 Å². The summed E-state index contributed by atoms with van der Waals surface area (Å²) >= 11 is 0. The Morgan fingerprint density at radius 1 is 0.655 bits per heavy atom. The summed E-state index contributed by atoms with van der Waals surface area (Å²) in [5, 5.41) is 0. The van der Waals surface area contributed by atoms with Crippen LogP contribution in [-0.4, -0.2) is 5.78 Å². The zero-order chi connectivity index (χ0) is 20.6. The van der Waals surface area contributed by atoms with E-state index in [0.717, 1.165) is 18.4 Å². The van der Waals surface area contributed by atoms with Gasteiger partial charge in [-0.25, -0.2) is 0 Å². The fraction of sp³-hybridized carbons (Fsp3) is 0.296. The van der Waals surface area contributed by atoms with E-state index >= 15 is 0 Å². The van der Waals surface area contributed by atoms with Gasteiger partial charge in [0.15, 0.2) is 20.5 Å². The van der Waals surface area contributed by atoms with Crippen molar-refractivity contribution in [2.75, 3.05) is 0 Å². The second-order valence-electron chi connectivity index (χ2n) is 7.69. The lowest BCUT2D eigenvalue weighted by molar-refractivity contribution is 0.0979. The molecule has 0 aliphatic carbocycles. The molecule has 0 amide bonds. The summed E-state index contributed by atoms with van der Waals surface area (Å²) in [5.74, 6) is 0.262. The number of hydrogen-bond acceptors (Lipinski definition) is 1. The zero-order valence-corrected chi connectivity index (χ0v) is 18.6. The molecule has 0 saturated heterocycles. The van der Waals surface area contributed by atoms with E-state index in [-0.39, 0.29) is 16.7 Å². The molecule has 0 N–H and O–H groups in total. The summed E-state index contributed by atoms with van der Waals surface area (Å²) in [7, 11) is -0.172. The lowest BCUT2D eigenvalue weighted by Crippen LogP contribution is -2.06. The SMILES string of the molecule is CCCCCCC(=O)c1ccc([S+](c2ccc(C)cc2)c2ccc(C)cc2)cc1. The van der Waals surface area contributed by atoms with E-state index in [1.165, 1.54) is 38.7 Å². The van der Waals surface area contributed by atoms with Crippen molar-refractivity contribution in [2.24, 2.45) is 0 Å². The summed E-state index contributed by atoms with van der Waals surface area (Å²) in [6.07, 6.45) is 5.20. The summed E-state index contributed by atoms with van der Waals surface area (Å²) in [6.45, 7) is 6.43. The van der Waals surface area contributed by atoms with Crippen LogP contribution >= 0.6 is 0 Å². The molecule has 0 heterocycles. The van der Waals surface area contributed by atoms with Crippen molar-refractivity contribution < 1.29 is 4.79 Å². The monoisotopic (exact) mass is 403 g/mol. The Hall–Kier alpha value is -2.32. The Kier molecular flexibility index (Phi) is 7.71. The number of benzene rings is 3. The summed E-state index contributed by atoms with van der Waals surface area (Å²) in [6, 6.07) is 25.9. The minimum absolute atomic E-state index is 0.172. The Morgan fingerprint density at radius 2 is 1.10 bits per heavy atom. The van der Waals surface area contributed by atoms with Crippen molar-refractivity contribution >= 4 is 16.7 Å². The number of carbonyl (C=O) groups excluding carboxylic acids is 1. The lowest BCUT2D eigenvalue weighted by atomic mass is 10.0. The fourth-order valence-corrected chi connectivity index (χ4v) is 5.43. The Morgan fingerprint density at radius 3 is 1.55 bits per heavy atom. The number of carbonyl (C=O) groups is 1. The van der Waals surface area contributed by atoms with Crippen molar-refractivity contribution in [1.82, 2.24) is 0 Å². The second kappa shape index (κ2) is 10.5. The van der Waals surface area contributed by atoms with Crippen LogP contribution in [0, 0.1) is 13.8 Å². The van der Waals surface area contributed by atoms with Crippen molar-refractivity contribution in [2.45, 2.75) is 67.6 Å². The highest BCUT2D eigenvalue weighted by Crippen LogP contribution is 2.32. The number of rotatable bonds is 9. The Bertz CT molecular complexity index is 863. The Labute approximate surface area is 178 Å². The minimum Gasteiger partial charge on any atom is -0.294 e. The maximum Gasteiger partial charge on any atom is 0.166 e. The van der Waals surface area contributed by atoms with Crippen LogP contribution in [0.15, 0.2) is 87.5 Å². The average Bonchev–Trinajstić information content (AvgIpc) is 2.74. The van der Waals surface area contributed by atoms with Gasteiger partial charge in [0.1, 0.15) is 0 Å². The van der Waals surface area contributed by atoms with Crippen molar-refractivity contribution in [3.8, 4) is 0 Å². The van der Waals surface area contributed by atoms with Gasteiger partial charge < -0.3 is 0 Å². The molecule has 29 heavy (non-hydrogen) atoms. The molecule has 0 atom stereocenters. The molecular weight excluding hydrogens is 372 g/mol. The molecule has 3 rings (SSSR count). The van der Waals surface area contributed by atoms with Gasteiger partial charge in [0.05, 0.1) is 10.9 Å². The molecule has 3 aromatic carbocycles. The van der Waals surface area contributed by atoms with Crippen LogP contribution < -0.4 is 0 Å². The first-order valence-corrected chi connectivity index (χ1v) is 11.8. The predicted molar refractivity (Wildman–Crippen MR) is 124 cm³/mol. The third kappa shape index (κ3) is 5.83. The summed E-state index contributed by atoms with van der Waals surface area (Å²) in [5.41, 5.74) is 3.37. The first kappa shape index (κ1) is 21.4. The molecule has 150 valence electrons. The molecule has 0 aliphatic heterocycles. The molecule has 2 heteroatoms. The van der Waals surface area contributed by atoms with Gasteiger partial charge in [0.2, 0.25) is 0 Å². The highest BCUT2D eigenvalue weighted by molar-refractivity contribution is 7.97. The molecule has 0 bridgehead atoms. The lowest BCUT2D eigenvalue weighted by Gasteiger charge is -2.09. The number of aryl methyl sites for hydroxylation is 2. The number of ketones is 1. The topological polar surface area (TPSA) is 17.1 Å². The second-order valence-corrected chi connectivity index (χ2v) is 9.72. The van der Waals surface area contributed by atoms with Gasteiger partial charge in [-0.2, -0.15) is 0 Å². The first-order valence-electron chi connectivity index (χ1n) is 10.6. The number of Topliss-reactive ketones (excluding diaryl/α,β-unsaturated/α-hetero) is 1. The highest BCUT2D eigenvalue weighted by Gasteiger charge is 2.28. The summed E-state index contributed by atoms with van der Waals surface area (Å²) in [4.78, 5) is 16.4. The van der Waals surface area contributed by atoms with Crippen LogP contribution in [0.2, 0.25) is 0 Å². The minimum atomic E-state index is -0.172. The normalized spacial score (nSPS) is 11.0. The predicted octanol–water partition coefficient (Wildman–Crippen LogP) is 7.55. The number of hydrogen-bond donors (Lipinski definition) is 0. The van der Waals surface area contributed by atoms with E-state index in [0.29, 0.717) is 6.42 Å². The van der Waals surface area contributed by atoms with E-state index in [2.05, 4.69) is 81.4 Å². The average molecular weight is 404 g/mol. The van der Waals surface area contributed by atoms with Gasteiger partial charge in [0.25, 0.3) is 0 Å². The highest BCUT2D eigenvalue weighted by atomic mass is 32.2. The molecule has 0 fully saturated rings. The number of unbranched alkanes of at least 4 members (excludes halogenated alkanes) is 3. The molecule has 1 nitrogen and oxygen atoms in total. The van der Waals surface area contributed by atoms with Gasteiger partial charge in [-0.3, -0.25) is 4.79 Å². The van der Waals surface area contributed by atoms with Gasteiger partial charge >= 0.3 is 0 Å². The third-order valence-corrected chi connectivity index (χ3v) is 7.41. The van der Waals surface area contributed by atoms with E-state index < -0.39 is 0 Å². The van der Waals surface area contributed by atoms with Crippen LogP contribution in [0.25, 0.3) is 0 Å². The van der Waals surface area contributed by atoms with Gasteiger partial charge in [-0.1, -0.05) is 61.6 Å². The van der Waals surface area contributed by atoms with E-state index in [9.17, 15) is 4.79 Å². The quantitative estimate of drug-likeness (QED) is 0.205. The molecule has 0 aromatic heterocycles. The maximum atomic E-state index is 12.5. The van der Waals surface area contributed by atoms with Gasteiger partial charge in [-0.05, 0) is 68.8 Å². The van der Waals surface area contributed by atoms with Crippen LogP contribution in [0.5, 0.6) is 0 Å². The van der Waals surface area contributed by atoms with Gasteiger partial charge in [-0.15, -0.1) is 0 Å². The van der Waals surface area contributed by atoms with E-state index in [1.807, 2.05) is 12.1 Å². The molecular formula is C27H31OS+. The van der Waals surface area contributed by atoms with E-state index in [4.69, 9.17) is 0 Å². The fourth-order valence-electron chi connectivity index (χ4n) is 3.39. The largest absolute Gasteiger partial charge is 0.294 e. The summed E-state index contributed by atoms with van der Waals surface area (Å²) < 4.78 is 0. The molecule has 0 unspecified atom stereocenters. The van der Waals surface area contributed by atoms with Crippen LogP contribution in [-0.2, 0) is 10.9 Å². The van der Waals surface area contributed by atoms with Crippen molar-refractivity contribution in [3.05, 3.63) is 89.5 Å². The first-order chi connectivity index (χ1) is 14.1. The van der Waals surface area contributed by atoms with Crippen molar-refractivity contribution in [3.63, 3.8) is 0 Å². The Balaban J connectivity index is 1.85. The maximum absolute atomic E-state index is 12.5. The third-order valence-electron chi connectivity index (χ3n) is 5.18. The molecule has 0 radical (unpaired) electrons. The molecule has 0 spiro atoms. The zero-order valence-electron chi connectivity index (χ0n) is 17.8. The van der Waals surface area contributed by atoms with Crippen LogP contribution in [0.3, 0.4) is 0 Å². The molecule has 0 aliphatic rings. The molecule has 3 aromatic rings. The van der Waals surface area contributed by atoms with Crippen molar-refractivity contribution in [1.29, 1.82) is 0 Å². The standard InChI is InChI=1S/C27H31OS/c1-4-5-6-7-8-27(28)23-13-19-26(20-14-23)29(24-15-9-21(2)10-16-24)25-17-11-22(3)12-18-25/h9-20H,4-8H2,1-3H3/q+1. The van der Waals surface area contributed by atoms with Crippen LogP contribution in [0.1, 0.15) is 60.5 Å². The smallest absolute Gasteiger partial charge is 0.166 e. The van der Waals surface area contributed by atoms with Crippen LogP contribution in [0.4, 0.5) is 0 Å². The molecule has 0 saturated carbocycles.